The van der Waals surface area contributed by atoms with Gasteiger partial charge in [-0.2, -0.15) is 0 Å². The lowest BCUT2D eigenvalue weighted by Gasteiger charge is -2.33. The number of hydrogen-bond donors (Lipinski definition) is 1. The third-order valence-corrected chi connectivity index (χ3v) is 3.95. The molecule has 3 rings (SSSR count). The third-order valence-electron chi connectivity index (χ3n) is 3.95. The largest absolute Gasteiger partial charge is 0.451 e. The van der Waals surface area contributed by atoms with Gasteiger partial charge in [-0.3, -0.25) is 4.79 Å². The van der Waals surface area contributed by atoms with E-state index in [0.29, 0.717) is 12.3 Å². The molecular weight excluding hydrogens is 252 g/mol. The van der Waals surface area contributed by atoms with Gasteiger partial charge in [-0.15, -0.1) is 0 Å². The molecule has 20 heavy (non-hydrogen) atoms. The van der Waals surface area contributed by atoms with Crippen molar-refractivity contribution in [1.29, 1.82) is 0 Å². The van der Waals surface area contributed by atoms with E-state index in [9.17, 15) is 4.79 Å². The van der Waals surface area contributed by atoms with Crippen molar-refractivity contribution in [2.24, 2.45) is 0 Å². The molecule has 2 aromatic rings. The van der Waals surface area contributed by atoms with Gasteiger partial charge < -0.3 is 14.6 Å². The number of piperidine rings is 1. The van der Waals surface area contributed by atoms with Crippen LogP contribution in [0.2, 0.25) is 0 Å². The number of nitrogens with one attached hydrogen (secondary N) is 1. The Morgan fingerprint density at radius 2 is 2.30 bits per heavy atom. The van der Waals surface area contributed by atoms with Crippen LogP contribution < -0.4 is 5.32 Å². The van der Waals surface area contributed by atoms with Gasteiger partial charge in [-0.05, 0) is 38.4 Å². The highest BCUT2D eigenvalue weighted by atomic mass is 16.3. The SMILES string of the molecule is CCN(C(=O)c1cc2ccccc2o1)C1CCCNC1. The van der Waals surface area contributed by atoms with E-state index in [-0.39, 0.29) is 11.9 Å². The zero-order valence-electron chi connectivity index (χ0n) is 11.8. The summed E-state index contributed by atoms with van der Waals surface area (Å²) in [4.78, 5) is 14.6. The molecule has 4 nitrogen and oxygen atoms in total. The predicted molar refractivity (Wildman–Crippen MR) is 78.8 cm³/mol. The molecule has 1 saturated heterocycles. The molecule has 1 unspecified atom stereocenters. The quantitative estimate of drug-likeness (QED) is 0.934. The van der Waals surface area contributed by atoms with Crippen LogP contribution in [0.25, 0.3) is 11.0 Å². The van der Waals surface area contributed by atoms with Gasteiger partial charge in [0.15, 0.2) is 5.76 Å². The number of likely N-dealkylation sites (N-methyl/N-ethyl adjacent to an activating group) is 1. The van der Waals surface area contributed by atoms with Gasteiger partial charge in [0.25, 0.3) is 5.91 Å². The Kier molecular flexibility index (Phi) is 3.74. The van der Waals surface area contributed by atoms with E-state index in [1.54, 1.807) is 0 Å². The zero-order valence-corrected chi connectivity index (χ0v) is 11.8. The number of carbonyl (C=O) groups is 1. The predicted octanol–water partition coefficient (Wildman–Crippen LogP) is 2.65. The molecule has 0 spiro atoms. The van der Waals surface area contributed by atoms with E-state index in [4.69, 9.17) is 4.42 Å². The van der Waals surface area contributed by atoms with Crippen LogP contribution in [-0.2, 0) is 0 Å². The molecule has 106 valence electrons. The maximum Gasteiger partial charge on any atom is 0.289 e. The van der Waals surface area contributed by atoms with Crippen LogP contribution in [0.4, 0.5) is 0 Å². The van der Waals surface area contributed by atoms with Crippen molar-refractivity contribution in [3.05, 3.63) is 36.1 Å². The van der Waals surface area contributed by atoms with Crippen LogP contribution in [0.5, 0.6) is 0 Å². The highest BCUT2D eigenvalue weighted by Gasteiger charge is 2.26. The molecular formula is C16H20N2O2. The Bertz CT molecular complexity index is 566. The number of furan rings is 1. The number of carbonyl (C=O) groups excluding carboxylic acids is 1. The summed E-state index contributed by atoms with van der Waals surface area (Å²) < 4.78 is 5.69. The normalized spacial score (nSPS) is 19.1. The van der Waals surface area contributed by atoms with E-state index < -0.39 is 0 Å². The molecule has 0 saturated carbocycles. The molecule has 1 fully saturated rings. The molecule has 1 aromatic heterocycles. The minimum Gasteiger partial charge on any atom is -0.451 e. The van der Waals surface area contributed by atoms with Crippen molar-refractivity contribution < 1.29 is 9.21 Å². The van der Waals surface area contributed by atoms with Gasteiger partial charge in [0.1, 0.15) is 5.58 Å². The average molecular weight is 272 g/mol. The fourth-order valence-corrected chi connectivity index (χ4v) is 2.90. The standard InChI is InChI=1S/C16H20N2O2/c1-2-18(13-7-5-9-17-11-13)16(19)15-10-12-6-3-4-8-14(12)20-15/h3-4,6,8,10,13,17H,2,5,7,9,11H2,1H3. The van der Waals surface area contributed by atoms with Crippen LogP contribution in [0.1, 0.15) is 30.3 Å². The lowest BCUT2D eigenvalue weighted by Crippen LogP contribution is -2.48. The van der Waals surface area contributed by atoms with Crippen molar-refractivity contribution >= 4 is 16.9 Å². The average Bonchev–Trinajstić information content (AvgIpc) is 2.93. The second kappa shape index (κ2) is 5.67. The molecule has 0 radical (unpaired) electrons. The zero-order chi connectivity index (χ0) is 13.9. The highest BCUT2D eigenvalue weighted by molar-refractivity contribution is 5.96. The number of amides is 1. The minimum atomic E-state index is -0.00241. The van der Waals surface area contributed by atoms with E-state index in [0.717, 1.165) is 36.9 Å². The van der Waals surface area contributed by atoms with Gasteiger partial charge in [0, 0.05) is 24.5 Å². The Morgan fingerprint density at radius 1 is 1.45 bits per heavy atom. The topological polar surface area (TPSA) is 45.5 Å². The van der Waals surface area contributed by atoms with Crippen molar-refractivity contribution in [2.75, 3.05) is 19.6 Å². The summed E-state index contributed by atoms with van der Waals surface area (Å²) in [5.41, 5.74) is 0.772. The molecule has 1 amide bonds. The second-order valence-corrected chi connectivity index (χ2v) is 5.24. The number of hydrogen-bond acceptors (Lipinski definition) is 3. The molecule has 1 atom stereocenters. The molecule has 1 aliphatic rings. The molecule has 1 N–H and O–H groups in total. The monoisotopic (exact) mass is 272 g/mol. The number of nitrogens with zero attached hydrogens (tertiary/aromatic N) is 1. The first kappa shape index (κ1) is 13.2. The lowest BCUT2D eigenvalue weighted by atomic mass is 10.1. The number of fused-ring (bicyclic) bond motifs is 1. The van der Waals surface area contributed by atoms with Gasteiger partial charge in [0.05, 0.1) is 0 Å². The molecule has 4 heteroatoms. The summed E-state index contributed by atoms with van der Waals surface area (Å²) in [6.45, 7) is 4.66. The van der Waals surface area contributed by atoms with Gasteiger partial charge in [0.2, 0.25) is 0 Å². The van der Waals surface area contributed by atoms with E-state index in [2.05, 4.69) is 5.32 Å². The number of benzene rings is 1. The first-order valence-corrected chi connectivity index (χ1v) is 7.30. The van der Waals surface area contributed by atoms with Gasteiger partial charge in [-0.25, -0.2) is 0 Å². The number of para-hydroxylation sites is 1. The van der Waals surface area contributed by atoms with Gasteiger partial charge in [-0.1, -0.05) is 18.2 Å². The Balaban J connectivity index is 1.85. The molecule has 0 bridgehead atoms. The van der Waals surface area contributed by atoms with Crippen molar-refractivity contribution in [2.45, 2.75) is 25.8 Å². The number of rotatable bonds is 3. The summed E-state index contributed by atoms with van der Waals surface area (Å²) in [6.07, 6.45) is 2.18. The van der Waals surface area contributed by atoms with Gasteiger partial charge >= 0.3 is 0 Å². The van der Waals surface area contributed by atoms with Crippen LogP contribution in [0.15, 0.2) is 34.7 Å². The van der Waals surface area contributed by atoms with E-state index in [1.165, 1.54) is 0 Å². The summed E-state index contributed by atoms with van der Waals surface area (Å²) in [7, 11) is 0. The van der Waals surface area contributed by atoms with Crippen LogP contribution in [-0.4, -0.2) is 36.5 Å². The van der Waals surface area contributed by atoms with Crippen molar-refractivity contribution in [3.63, 3.8) is 0 Å². The Labute approximate surface area is 118 Å². The first-order chi connectivity index (χ1) is 9.79. The Morgan fingerprint density at radius 3 is 3.00 bits per heavy atom. The summed E-state index contributed by atoms with van der Waals surface area (Å²) in [5, 5.41) is 4.34. The van der Waals surface area contributed by atoms with Crippen molar-refractivity contribution in [3.8, 4) is 0 Å². The lowest BCUT2D eigenvalue weighted by molar-refractivity contribution is 0.0632. The summed E-state index contributed by atoms with van der Waals surface area (Å²) >= 11 is 0. The van der Waals surface area contributed by atoms with Crippen LogP contribution in [0.3, 0.4) is 0 Å². The maximum absolute atomic E-state index is 12.6. The van der Waals surface area contributed by atoms with Crippen LogP contribution in [0, 0.1) is 0 Å². The van der Waals surface area contributed by atoms with E-state index in [1.807, 2.05) is 42.2 Å². The smallest absolute Gasteiger partial charge is 0.289 e. The highest BCUT2D eigenvalue weighted by Crippen LogP contribution is 2.21. The second-order valence-electron chi connectivity index (χ2n) is 5.24. The first-order valence-electron chi connectivity index (χ1n) is 7.30. The maximum atomic E-state index is 12.6. The van der Waals surface area contributed by atoms with E-state index >= 15 is 0 Å². The Hall–Kier alpha value is -1.81. The third kappa shape index (κ3) is 2.43. The summed E-state index contributed by atoms with van der Waals surface area (Å²) in [6, 6.07) is 9.85. The molecule has 1 aliphatic heterocycles. The fraction of sp³-hybridized carbons (Fsp3) is 0.438. The minimum absolute atomic E-state index is 0.00241. The summed E-state index contributed by atoms with van der Waals surface area (Å²) in [5.74, 6) is 0.441. The molecule has 2 heterocycles. The van der Waals surface area contributed by atoms with Crippen molar-refractivity contribution in [1.82, 2.24) is 10.2 Å². The van der Waals surface area contributed by atoms with Crippen LogP contribution >= 0.6 is 0 Å². The fourth-order valence-electron chi connectivity index (χ4n) is 2.90. The molecule has 1 aromatic carbocycles. The molecule has 0 aliphatic carbocycles.